The molecule has 0 nitrogen and oxygen atoms in total. The SMILES string of the molecule is C[CH]CCCCCCCCCC(C)C. The summed E-state index contributed by atoms with van der Waals surface area (Å²) in [6, 6.07) is 0. The molecule has 0 saturated carbocycles. The summed E-state index contributed by atoms with van der Waals surface area (Å²) < 4.78 is 0. The summed E-state index contributed by atoms with van der Waals surface area (Å²) in [5, 5.41) is 0. The van der Waals surface area contributed by atoms with Gasteiger partial charge in [0.1, 0.15) is 0 Å². The van der Waals surface area contributed by atoms with Crippen LogP contribution in [-0.2, 0) is 0 Å². The number of hydrogen-bond donors (Lipinski definition) is 0. The fourth-order valence-electron chi connectivity index (χ4n) is 1.78. The molecule has 0 aromatic heterocycles. The lowest BCUT2D eigenvalue weighted by molar-refractivity contribution is 0.509. The van der Waals surface area contributed by atoms with Gasteiger partial charge in [-0.3, -0.25) is 0 Å². The van der Waals surface area contributed by atoms with Crippen molar-refractivity contribution < 1.29 is 0 Å². The molecular weight excluding hydrogens is 168 g/mol. The Hall–Kier alpha value is 0. The lowest BCUT2D eigenvalue weighted by Gasteiger charge is -2.04. The van der Waals surface area contributed by atoms with Crippen molar-refractivity contribution in [3.05, 3.63) is 6.42 Å². The zero-order valence-corrected chi connectivity index (χ0v) is 10.5. The van der Waals surface area contributed by atoms with Gasteiger partial charge in [0, 0.05) is 0 Å². The monoisotopic (exact) mass is 197 g/mol. The molecule has 14 heavy (non-hydrogen) atoms. The first-order valence-electron chi connectivity index (χ1n) is 6.55. The van der Waals surface area contributed by atoms with Gasteiger partial charge in [-0.2, -0.15) is 0 Å². The van der Waals surface area contributed by atoms with Crippen LogP contribution in [0.5, 0.6) is 0 Å². The lowest BCUT2D eigenvalue weighted by Crippen LogP contribution is -1.87. The van der Waals surface area contributed by atoms with Gasteiger partial charge < -0.3 is 0 Å². The summed E-state index contributed by atoms with van der Waals surface area (Å²) >= 11 is 0. The molecule has 0 saturated heterocycles. The van der Waals surface area contributed by atoms with Crippen molar-refractivity contribution in [1.82, 2.24) is 0 Å². The molecule has 1 radical (unpaired) electrons. The maximum absolute atomic E-state index is 2.32. The Bertz CT molecular complexity index is 94.2. The molecule has 0 rings (SSSR count). The van der Waals surface area contributed by atoms with Crippen molar-refractivity contribution in [2.24, 2.45) is 5.92 Å². The fourth-order valence-corrected chi connectivity index (χ4v) is 1.78. The summed E-state index contributed by atoms with van der Waals surface area (Å²) in [5.74, 6) is 0.898. The molecule has 0 aliphatic heterocycles. The van der Waals surface area contributed by atoms with Crippen molar-refractivity contribution >= 4 is 0 Å². The van der Waals surface area contributed by atoms with Crippen molar-refractivity contribution in [2.45, 2.75) is 78.6 Å². The number of rotatable bonds is 10. The van der Waals surface area contributed by atoms with E-state index in [4.69, 9.17) is 0 Å². The molecule has 0 atom stereocenters. The Kier molecular flexibility index (Phi) is 11.1. The van der Waals surface area contributed by atoms with Crippen LogP contribution in [0, 0.1) is 12.3 Å². The highest BCUT2D eigenvalue weighted by Gasteiger charge is 1.94. The van der Waals surface area contributed by atoms with Crippen LogP contribution in [0.1, 0.15) is 78.6 Å². The van der Waals surface area contributed by atoms with Gasteiger partial charge in [-0.15, -0.1) is 0 Å². The standard InChI is InChI=1S/C14H29/c1-4-5-6-7-8-9-10-11-12-13-14(2)3/h4,14H,5-13H2,1-3H3. The van der Waals surface area contributed by atoms with Gasteiger partial charge >= 0.3 is 0 Å². The zero-order chi connectivity index (χ0) is 10.6. The van der Waals surface area contributed by atoms with E-state index in [1.54, 1.807) is 0 Å². The summed E-state index contributed by atoms with van der Waals surface area (Å²) in [7, 11) is 0. The molecule has 0 heterocycles. The molecule has 0 fully saturated rings. The van der Waals surface area contributed by atoms with Crippen LogP contribution in [0.15, 0.2) is 0 Å². The van der Waals surface area contributed by atoms with E-state index in [1.807, 2.05) is 0 Å². The van der Waals surface area contributed by atoms with Crippen LogP contribution in [0.25, 0.3) is 0 Å². The second-order valence-corrected chi connectivity index (χ2v) is 4.85. The number of hydrogen-bond acceptors (Lipinski definition) is 0. The van der Waals surface area contributed by atoms with E-state index in [0.717, 1.165) is 5.92 Å². The highest BCUT2D eigenvalue weighted by atomic mass is 14.0. The van der Waals surface area contributed by atoms with E-state index in [-0.39, 0.29) is 0 Å². The number of unbranched alkanes of at least 4 members (excludes halogenated alkanes) is 8. The van der Waals surface area contributed by atoms with Crippen LogP contribution in [0.2, 0.25) is 0 Å². The van der Waals surface area contributed by atoms with Crippen molar-refractivity contribution in [2.75, 3.05) is 0 Å². The minimum absolute atomic E-state index is 0.898. The maximum Gasteiger partial charge on any atom is -0.0417 e. The highest BCUT2D eigenvalue weighted by molar-refractivity contribution is 4.55. The van der Waals surface area contributed by atoms with Crippen molar-refractivity contribution in [3.8, 4) is 0 Å². The summed E-state index contributed by atoms with van der Waals surface area (Å²) in [6.45, 7) is 6.80. The van der Waals surface area contributed by atoms with Gasteiger partial charge in [0.2, 0.25) is 0 Å². The molecule has 0 amide bonds. The molecule has 0 spiro atoms. The zero-order valence-electron chi connectivity index (χ0n) is 10.5. The van der Waals surface area contributed by atoms with E-state index in [0.29, 0.717) is 0 Å². The molecule has 85 valence electrons. The van der Waals surface area contributed by atoms with E-state index in [9.17, 15) is 0 Å². The average molecular weight is 197 g/mol. The van der Waals surface area contributed by atoms with Gasteiger partial charge in [-0.1, -0.05) is 78.6 Å². The minimum Gasteiger partial charge on any atom is -0.0628 e. The van der Waals surface area contributed by atoms with Gasteiger partial charge in [-0.25, -0.2) is 0 Å². The predicted molar refractivity (Wildman–Crippen MR) is 66.4 cm³/mol. The normalized spacial score (nSPS) is 11.1. The molecule has 0 unspecified atom stereocenters. The van der Waals surface area contributed by atoms with E-state index >= 15 is 0 Å². The van der Waals surface area contributed by atoms with Crippen LogP contribution in [-0.4, -0.2) is 0 Å². The Labute approximate surface area is 91.5 Å². The predicted octanol–water partition coefficient (Wildman–Crippen LogP) is 5.38. The maximum atomic E-state index is 2.32. The van der Waals surface area contributed by atoms with E-state index in [1.165, 1.54) is 57.8 Å². The van der Waals surface area contributed by atoms with E-state index in [2.05, 4.69) is 27.2 Å². The first-order valence-corrected chi connectivity index (χ1v) is 6.55. The Morgan fingerprint density at radius 1 is 0.786 bits per heavy atom. The Balaban J connectivity index is 2.85. The van der Waals surface area contributed by atoms with Crippen LogP contribution in [0.3, 0.4) is 0 Å². The first kappa shape index (κ1) is 14.0. The summed E-state index contributed by atoms with van der Waals surface area (Å²) in [4.78, 5) is 0. The fraction of sp³-hybridized carbons (Fsp3) is 0.929. The molecule has 0 bridgehead atoms. The summed E-state index contributed by atoms with van der Waals surface area (Å²) in [6.07, 6.45) is 15.1. The minimum atomic E-state index is 0.898. The molecule has 0 aliphatic carbocycles. The quantitative estimate of drug-likeness (QED) is 0.413. The average Bonchev–Trinajstić information content (AvgIpc) is 2.15. The molecule has 0 heteroatoms. The molecule has 0 aromatic carbocycles. The third-order valence-electron chi connectivity index (χ3n) is 2.77. The van der Waals surface area contributed by atoms with Crippen LogP contribution < -0.4 is 0 Å². The van der Waals surface area contributed by atoms with E-state index < -0.39 is 0 Å². The first-order chi connectivity index (χ1) is 6.77. The highest BCUT2D eigenvalue weighted by Crippen LogP contribution is 2.12. The third kappa shape index (κ3) is 12.0. The van der Waals surface area contributed by atoms with Crippen molar-refractivity contribution in [3.63, 3.8) is 0 Å². The van der Waals surface area contributed by atoms with Gasteiger partial charge in [0.25, 0.3) is 0 Å². The molecule has 0 aliphatic rings. The smallest absolute Gasteiger partial charge is 0.0417 e. The topological polar surface area (TPSA) is 0 Å². The van der Waals surface area contributed by atoms with Gasteiger partial charge in [-0.05, 0) is 12.3 Å². The summed E-state index contributed by atoms with van der Waals surface area (Å²) in [5.41, 5.74) is 0. The van der Waals surface area contributed by atoms with Gasteiger partial charge in [0.15, 0.2) is 0 Å². The third-order valence-corrected chi connectivity index (χ3v) is 2.77. The Morgan fingerprint density at radius 3 is 1.79 bits per heavy atom. The second-order valence-electron chi connectivity index (χ2n) is 4.85. The van der Waals surface area contributed by atoms with Gasteiger partial charge in [0.05, 0.1) is 0 Å². The Morgan fingerprint density at radius 2 is 1.29 bits per heavy atom. The lowest BCUT2D eigenvalue weighted by atomic mass is 10.0. The largest absolute Gasteiger partial charge is 0.0628 e. The van der Waals surface area contributed by atoms with Crippen LogP contribution >= 0.6 is 0 Å². The van der Waals surface area contributed by atoms with Crippen LogP contribution in [0.4, 0.5) is 0 Å². The molecule has 0 N–H and O–H groups in total. The second kappa shape index (κ2) is 11.1. The van der Waals surface area contributed by atoms with Crippen molar-refractivity contribution in [1.29, 1.82) is 0 Å². The molecule has 0 aromatic rings. The molecular formula is C14H29.